The Kier molecular flexibility index (Phi) is 5.91. The van der Waals surface area contributed by atoms with E-state index in [2.05, 4.69) is 10.2 Å². The van der Waals surface area contributed by atoms with Crippen molar-refractivity contribution >= 4 is 11.8 Å². The largest absolute Gasteiger partial charge is 0.395 e. The number of hydrogen-bond donors (Lipinski definition) is 2. The van der Waals surface area contributed by atoms with Crippen LogP contribution < -0.4 is 5.32 Å². The Morgan fingerprint density at radius 2 is 1.82 bits per heavy atom. The average molecular weight is 305 g/mol. The van der Waals surface area contributed by atoms with Gasteiger partial charge in [0.1, 0.15) is 0 Å². The van der Waals surface area contributed by atoms with Crippen molar-refractivity contribution in [3.63, 3.8) is 0 Å². The Bertz CT molecular complexity index is 499. The number of nitrogens with one attached hydrogen (secondary N) is 1. The predicted molar refractivity (Wildman–Crippen MR) is 83.1 cm³/mol. The number of nitrogens with zero attached hydrogens (tertiary/aromatic N) is 2. The Labute approximate surface area is 130 Å². The number of hydrogen-bond acceptors (Lipinski definition) is 4. The van der Waals surface area contributed by atoms with E-state index in [1.807, 2.05) is 37.3 Å². The maximum Gasteiger partial charge on any atom is 0.311 e. The maximum absolute atomic E-state index is 12.2. The molecule has 1 aromatic rings. The summed E-state index contributed by atoms with van der Waals surface area (Å²) in [5.74, 6) is -1.04. The van der Waals surface area contributed by atoms with Crippen LogP contribution >= 0.6 is 0 Å². The third kappa shape index (κ3) is 4.29. The van der Waals surface area contributed by atoms with Gasteiger partial charge in [-0.15, -0.1) is 0 Å². The topological polar surface area (TPSA) is 72.9 Å². The summed E-state index contributed by atoms with van der Waals surface area (Å²) in [7, 11) is 0. The van der Waals surface area contributed by atoms with Gasteiger partial charge in [0.2, 0.25) is 0 Å². The lowest BCUT2D eigenvalue weighted by Crippen LogP contribution is -2.53. The summed E-state index contributed by atoms with van der Waals surface area (Å²) in [6, 6.07) is 9.36. The standard InChI is InChI=1S/C16H23N3O3/c1-13(14-5-3-2-4-6-14)17-15(21)16(22)19-9-7-18(8-10-19)11-12-20/h2-6,13,20H,7-12H2,1H3,(H,17,21). The second kappa shape index (κ2) is 7.91. The quantitative estimate of drug-likeness (QED) is 0.768. The van der Waals surface area contributed by atoms with Crippen molar-refractivity contribution in [2.24, 2.45) is 0 Å². The second-order valence-corrected chi connectivity index (χ2v) is 5.46. The van der Waals surface area contributed by atoms with Crippen LogP contribution in [0.15, 0.2) is 30.3 Å². The van der Waals surface area contributed by atoms with Gasteiger partial charge < -0.3 is 15.3 Å². The minimum absolute atomic E-state index is 0.114. The molecule has 1 fully saturated rings. The summed E-state index contributed by atoms with van der Waals surface area (Å²) in [6.07, 6.45) is 0. The van der Waals surface area contributed by atoms with E-state index in [1.165, 1.54) is 0 Å². The summed E-state index contributed by atoms with van der Waals surface area (Å²) in [5, 5.41) is 11.6. The fourth-order valence-electron chi connectivity index (χ4n) is 2.54. The number of piperazine rings is 1. The fraction of sp³-hybridized carbons (Fsp3) is 0.500. The zero-order valence-corrected chi connectivity index (χ0v) is 12.9. The van der Waals surface area contributed by atoms with Crippen LogP contribution in [0.5, 0.6) is 0 Å². The van der Waals surface area contributed by atoms with Gasteiger partial charge in [-0.05, 0) is 12.5 Å². The minimum atomic E-state index is -0.563. The van der Waals surface area contributed by atoms with Crippen molar-refractivity contribution in [2.75, 3.05) is 39.3 Å². The molecule has 1 atom stereocenters. The van der Waals surface area contributed by atoms with Gasteiger partial charge in [0.05, 0.1) is 12.6 Å². The Balaban J connectivity index is 1.84. The first-order valence-electron chi connectivity index (χ1n) is 7.59. The van der Waals surface area contributed by atoms with E-state index in [1.54, 1.807) is 4.90 Å². The van der Waals surface area contributed by atoms with Crippen molar-refractivity contribution in [3.05, 3.63) is 35.9 Å². The van der Waals surface area contributed by atoms with Crippen molar-refractivity contribution in [2.45, 2.75) is 13.0 Å². The van der Waals surface area contributed by atoms with Gasteiger partial charge in [-0.1, -0.05) is 30.3 Å². The number of amides is 2. The van der Waals surface area contributed by atoms with Crippen LogP contribution in [0.25, 0.3) is 0 Å². The predicted octanol–water partition coefficient (Wildman–Crippen LogP) is 0.000300. The summed E-state index contributed by atoms with van der Waals surface area (Å²) < 4.78 is 0. The zero-order valence-electron chi connectivity index (χ0n) is 12.9. The smallest absolute Gasteiger partial charge is 0.311 e. The molecule has 2 N–H and O–H groups in total. The van der Waals surface area contributed by atoms with Gasteiger partial charge in [-0.3, -0.25) is 14.5 Å². The van der Waals surface area contributed by atoms with Gasteiger partial charge in [-0.2, -0.15) is 0 Å². The third-order valence-corrected chi connectivity index (χ3v) is 3.92. The molecule has 2 rings (SSSR count). The molecule has 1 aliphatic heterocycles. The summed E-state index contributed by atoms with van der Waals surface area (Å²) in [5.41, 5.74) is 0.969. The molecule has 0 saturated carbocycles. The summed E-state index contributed by atoms with van der Waals surface area (Å²) in [4.78, 5) is 27.9. The zero-order chi connectivity index (χ0) is 15.9. The van der Waals surface area contributed by atoms with Gasteiger partial charge >= 0.3 is 11.8 Å². The number of benzene rings is 1. The van der Waals surface area contributed by atoms with Crippen LogP contribution in [0.1, 0.15) is 18.5 Å². The molecule has 0 spiro atoms. The molecule has 0 aromatic heterocycles. The lowest BCUT2D eigenvalue weighted by Gasteiger charge is -2.34. The van der Waals surface area contributed by atoms with Gasteiger partial charge in [-0.25, -0.2) is 0 Å². The van der Waals surface area contributed by atoms with Crippen LogP contribution in [0.4, 0.5) is 0 Å². The van der Waals surface area contributed by atoms with Crippen molar-refractivity contribution in [1.82, 2.24) is 15.1 Å². The highest BCUT2D eigenvalue weighted by molar-refractivity contribution is 6.35. The molecule has 0 radical (unpaired) electrons. The van der Waals surface area contributed by atoms with Crippen LogP contribution in [0.2, 0.25) is 0 Å². The Hall–Kier alpha value is -1.92. The molecule has 1 saturated heterocycles. The fourth-order valence-corrected chi connectivity index (χ4v) is 2.54. The molecule has 6 nitrogen and oxygen atoms in total. The third-order valence-electron chi connectivity index (χ3n) is 3.92. The lowest BCUT2D eigenvalue weighted by molar-refractivity contribution is -0.147. The van der Waals surface area contributed by atoms with Crippen LogP contribution in [-0.2, 0) is 9.59 Å². The first-order valence-corrected chi connectivity index (χ1v) is 7.59. The molecule has 1 aliphatic rings. The van der Waals surface area contributed by atoms with Crippen LogP contribution in [0.3, 0.4) is 0 Å². The number of β-amino-alcohol motifs (C(OH)–C–C–N with tert-alkyl or cyclic N) is 1. The van der Waals surface area contributed by atoms with Crippen LogP contribution in [0, 0.1) is 0 Å². The monoisotopic (exact) mass is 305 g/mol. The summed E-state index contributed by atoms with van der Waals surface area (Å²) >= 11 is 0. The average Bonchev–Trinajstić information content (AvgIpc) is 2.56. The molecule has 120 valence electrons. The molecule has 6 heteroatoms. The Morgan fingerprint density at radius 3 is 2.41 bits per heavy atom. The number of rotatable bonds is 4. The highest BCUT2D eigenvalue weighted by Gasteiger charge is 2.26. The van der Waals surface area contributed by atoms with Gasteiger partial charge in [0.25, 0.3) is 0 Å². The van der Waals surface area contributed by atoms with Crippen molar-refractivity contribution in [1.29, 1.82) is 0 Å². The first-order chi connectivity index (χ1) is 10.6. The number of aliphatic hydroxyl groups excluding tert-OH is 1. The van der Waals surface area contributed by atoms with Crippen molar-refractivity contribution in [3.8, 4) is 0 Å². The highest BCUT2D eigenvalue weighted by Crippen LogP contribution is 2.11. The highest BCUT2D eigenvalue weighted by atomic mass is 16.3. The van der Waals surface area contributed by atoms with E-state index >= 15 is 0 Å². The second-order valence-electron chi connectivity index (χ2n) is 5.46. The maximum atomic E-state index is 12.2. The normalized spacial score (nSPS) is 17.1. The van der Waals surface area contributed by atoms with E-state index in [-0.39, 0.29) is 12.6 Å². The molecule has 1 heterocycles. The van der Waals surface area contributed by atoms with Crippen LogP contribution in [-0.4, -0.2) is 66.1 Å². The Morgan fingerprint density at radius 1 is 1.18 bits per heavy atom. The molecule has 2 amide bonds. The molecule has 0 aliphatic carbocycles. The number of carbonyl (C=O) groups excluding carboxylic acids is 2. The van der Waals surface area contributed by atoms with Gasteiger partial charge in [0, 0.05) is 32.7 Å². The number of carbonyl (C=O) groups is 2. The minimum Gasteiger partial charge on any atom is -0.395 e. The summed E-state index contributed by atoms with van der Waals surface area (Å²) in [6.45, 7) is 5.00. The van der Waals surface area contributed by atoms with Crippen molar-refractivity contribution < 1.29 is 14.7 Å². The molecule has 1 aromatic carbocycles. The molecular weight excluding hydrogens is 282 g/mol. The SMILES string of the molecule is CC(NC(=O)C(=O)N1CCN(CCO)CC1)c1ccccc1. The van der Waals surface area contributed by atoms with E-state index in [0.717, 1.165) is 5.56 Å². The first kappa shape index (κ1) is 16.5. The lowest BCUT2D eigenvalue weighted by atomic mass is 10.1. The molecule has 0 bridgehead atoms. The van der Waals surface area contributed by atoms with E-state index in [9.17, 15) is 9.59 Å². The van der Waals surface area contributed by atoms with E-state index in [0.29, 0.717) is 32.7 Å². The molecule has 1 unspecified atom stereocenters. The van der Waals surface area contributed by atoms with E-state index < -0.39 is 11.8 Å². The molecule has 22 heavy (non-hydrogen) atoms. The number of aliphatic hydroxyl groups is 1. The molecular formula is C16H23N3O3. The van der Waals surface area contributed by atoms with E-state index in [4.69, 9.17) is 5.11 Å². The van der Waals surface area contributed by atoms with Gasteiger partial charge in [0.15, 0.2) is 0 Å².